The van der Waals surface area contributed by atoms with Crippen LogP contribution in [0.25, 0.3) is 0 Å². The fraction of sp³-hybridized carbons (Fsp3) is 0.312. The first kappa shape index (κ1) is 15.0. The predicted octanol–water partition coefficient (Wildman–Crippen LogP) is 4.09. The highest BCUT2D eigenvalue weighted by Gasteiger charge is 2.05. The van der Waals surface area contributed by atoms with Gasteiger partial charge in [0, 0.05) is 10.5 Å². The Morgan fingerprint density at radius 3 is 2.80 bits per heavy atom. The minimum absolute atomic E-state index is 0.263. The lowest BCUT2D eigenvalue weighted by molar-refractivity contribution is 0.304. The minimum atomic E-state index is 0.263. The normalized spacial score (nSPS) is 12.2. The van der Waals surface area contributed by atoms with Crippen LogP contribution in [0.3, 0.4) is 0 Å². The lowest BCUT2D eigenvalue weighted by Gasteiger charge is -2.12. The summed E-state index contributed by atoms with van der Waals surface area (Å²) in [5.74, 6) is 0.789. The van der Waals surface area contributed by atoms with Crippen molar-refractivity contribution in [2.75, 3.05) is 6.54 Å². The van der Waals surface area contributed by atoms with Gasteiger partial charge in [0.05, 0.1) is 11.9 Å². The molecule has 106 valence electrons. The number of halogens is 1. The van der Waals surface area contributed by atoms with E-state index in [4.69, 9.17) is 4.74 Å². The van der Waals surface area contributed by atoms with Gasteiger partial charge in [-0.15, -0.1) is 0 Å². The Morgan fingerprint density at radius 2 is 2.15 bits per heavy atom. The molecule has 0 aliphatic rings. The van der Waals surface area contributed by atoms with Crippen LogP contribution in [0.5, 0.6) is 5.75 Å². The minimum Gasteiger partial charge on any atom is -0.487 e. The van der Waals surface area contributed by atoms with Crippen molar-refractivity contribution in [3.05, 3.63) is 58.3 Å². The summed E-state index contributed by atoms with van der Waals surface area (Å²) in [7, 11) is 0. The summed E-state index contributed by atoms with van der Waals surface area (Å²) in [4.78, 5) is 4.43. The summed E-state index contributed by atoms with van der Waals surface area (Å²) in [5, 5.41) is 3.34. The van der Waals surface area contributed by atoms with Crippen molar-refractivity contribution in [1.82, 2.24) is 10.3 Å². The van der Waals surface area contributed by atoms with Gasteiger partial charge < -0.3 is 10.1 Å². The summed E-state index contributed by atoms with van der Waals surface area (Å²) >= 11 is 3.45. The van der Waals surface area contributed by atoms with Gasteiger partial charge in [-0.05, 0) is 43.3 Å². The molecule has 0 fully saturated rings. The molecular weight excluding hydrogens is 316 g/mol. The molecule has 0 spiro atoms. The van der Waals surface area contributed by atoms with E-state index < -0.39 is 0 Å². The van der Waals surface area contributed by atoms with Gasteiger partial charge in [-0.2, -0.15) is 0 Å². The van der Waals surface area contributed by atoms with Gasteiger partial charge in [0.15, 0.2) is 0 Å². The molecule has 3 nitrogen and oxygen atoms in total. The molecule has 0 saturated carbocycles. The summed E-state index contributed by atoms with van der Waals surface area (Å²) in [6, 6.07) is 12.3. The Labute approximate surface area is 128 Å². The second-order valence-electron chi connectivity index (χ2n) is 4.62. The number of nitrogens with zero attached hydrogens (tertiary/aromatic N) is 1. The van der Waals surface area contributed by atoms with E-state index in [9.17, 15) is 0 Å². The van der Waals surface area contributed by atoms with E-state index in [1.807, 2.05) is 30.3 Å². The molecular formula is C16H19BrN2O. The van der Waals surface area contributed by atoms with Gasteiger partial charge in [0.25, 0.3) is 0 Å². The number of benzene rings is 1. The third-order valence-corrected chi connectivity index (χ3v) is 3.50. The van der Waals surface area contributed by atoms with E-state index in [0.717, 1.165) is 28.0 Å². The lowest BCUT2D eigenvalue weighted by Crippen LogP contribution is -2.18. The quantitative estimate of drug-likeness (QED) is 0.863. The Hall–Kier alpha value is -1.39. The summed E-state index contributed by atoms with van der Waals surface area (Å²) in [5.41, 5.74) is 2.16. The van der Waals surface area contributed by atoms with Crippen molar-refractivity contribution in [2.24, 2.45) is 0 Å². The van der Waals surface area contributed by atoms with Crippen LogP contribution in [0.2, 0.25) is 0 Å². The van der Waals surface area contributed by atoms with Crippen LogP contribution >= 0.6 is 15.9 Å². The van der Waals surface area contributed by atoms with Crippen LogP contribution in [0.15, 0.2) is 47.1 Å². The molecule has 1 aromatic carbocycles. The number of nitrogens with one attached hydrogen (secondary N) is 1. The first-order chi connectivity index (χ1) is 9.69. The number of rotatable bonds is 6. The second-order valence-corrected chi connectivity index (χ2v) is 5.53. The zero-order valence-electron chi connectivity index (χ0n) is 11.8. The predicted molar refractivity (Wildman–Crippen MR) is 84.8 cm³/mol. The highest BCUT2D eigenvalue weighted by atomic mass is 79.9. The van der Waals surface area contributed by atoms with Gasteiger partial charge >= 0.3 is 0 Å². The third kappa shape index (κ3) is 4.32. The van der Waals surface area contributed by atoms with Crippen molar-refractivity contribution in [1.29, 1.82) is 0 Å². The number of hydrogen-bond donors (Lipinski definition) is 1. The second kappa shape index (κ2) is 7.41. The van der Waals surface area contributed by atoms with E-state index in [1.165, 1.54) is 0 Å². The number of hydrogen-bond acceptors (Lipinski definition) is 3. The van der Waals surface area contributed by atoms with Crippen molar-refractivity contribution in [2.45, 2.75) is 26.5 Å². The Bertz CT molecular complexity index is 542. The highest BCUT2D eigenvalue weighted by Crippen LogP contribution is 2.17. The standard InChI is InChI=1S/C16H19BrN2O/c1-3-18-12(2)16-8-7-15(10-19-16)20-11-13-5-4-6-14(17)9-13/h4-10,12,18H,3,11H2,1-2H3. The molecule has 1 N–H and O–H groups in total. The largest absolute Gasteiger partial charge is 0.487 e. The van der Waals surface area contributed by atoms with Gasteiger partial charge in [0.2, 0.25) is 0 Å². The number of ether oxygens (including phenoxy) is 1. The van der Waals surface area contributed by atoms with E-state index in [-0.39, 0.29) is 6.04 Å². The molecule has 4 heteroatoms. The zero-order valence-corrected chi connectivity index (χ0v) is 13.4. The molecule has 2 aromatic rings. The fourth-order valence-electron chi connectivity index (χ4n) is 1.94. The Morgan fingerprint density at radius 1 is 1.30 bits per heavy atom. The smallest absolute Gasteiger partial charge is 0.138 e. The molecule has 1 unspecified atom stereocenters. The van der Waals surface area contributed by atoms with Crippen LogP contribution in [0, 0.1) is 0 Å². The molecule has 0 amide bonds. The molecule has 0 aliphatic carbocycles. The van der Waals surface area contributed by atoms with Crippen molar-refractivity contribution in [3.63, 3.8) is 0 Å². The Kier molecular flexibility index (Phi) is 5.56. The molecule has 0 radical (unpaired) electrons. The monoisotopic (exact) mass is 334 g/mol. The van der Waals surface area contributed by atoms with Crippen LogP contribution in [-0.4, -0.2) is 11.5 Å². The molecule has 1 atom stereocenters. The fourth-order valence-corrected chi connectivity index (χ4v) is 2.38. The highest BCUT2D eigenvalue weighted by molar-refractivity contribution is 9.10. The number of pyridine rings is 1. The number of aromatic nitrogens is 1. The summed E-state index contributed by atoms with van der Waals surface area (Å²) in [6.07, 6.45) is 1.78. The van der Waals surface area contributed by atoms with Crippen molar-refractivity contribution in [3.8, 4) is 5.75 Å². The first-order valence-electron chi connectivity index (χ1n) is 6.75. The average molecular weight is 335 g/mol. The molecule has 1 aromatic heterocycles. The van der Waals surface area contributed by atoms with Crippen LogP contribution in [0.1, 0.15) is 31.1 Å². The van der Waals surface area contributed by atoms with Gasteiger partial charge in [0.1, 0.15) is 12.4 Å². The molecule has 1 heterocycles. The van der Waals surface area contributed by atoms with Gasteiger partial charge in [-0.3, -0.25) is 4.98 Å². The first-order valence-corrected chi connectivity index (χ1v) is 7.55. The maximum absolute atomic E-state index is 5.74. The zero-order chi connectivity index (χ0) is 14.4. The van der Waals surface area contributed by atoms with Gasteiger partial charge in [-0.25, -0.2) is 0 Å². The maximum atomic E-state index is 5.74. The summed E-state index contributed by atoms with van der Waals surface area (Å²) in [6.45, 7) is 5.67. The third-order valence-electron chi connectivity index (χ3n) is 3.01. The van der Waals surface area contributed by atoms with E-state index in [0.29, 0.717) is 6.61 Å². The maximum Gasteiger partial charge on any atom is 0.138 e. The topological polar surface area (TPSA) is 34.1 Å². The van der Waals surface area contributed by atoms with Crippen molar-refractivity contribution < 1.29 is 4.74 Å². The SMILES string of the molecule is CCNC(C)c1ccc(OCc2cccc(Br)c2)cn1. The lowest BCUT2D eigenvalue weighted by atomic mass is 10.2. The molecule has 20 heavy (non-hydrogen) atoms. The van der Waals surface area contributed by atoms with E-state index >= 15 is 0 Å². The van der Waals surface area contributed by atoms with Crippen LogP contribution in [0.4, 0.5) is 0 Å². The van der Waals surface area contributed by atoms with Crippen molar-refractivity contribution >= 4 is 15.9 Å². The van der Waals surface area contributed by atoms with E-state index in [2.05, 4.69) is 46.1 Å². The van der Waals surface area contributed by atoms with Gasteiger partial charge in [-0.1, -0.05) is 35.0 Å². The molecule has 0 aliphatic heterocycles. The van der Waals surface area contributed by atoms with Crippen LogP contribution in [-0.2, 0) is 6.61 Å². The average Bonchev–Trinajstić information content (AvgIpc) is 2.46. The molecule has 0 saturated heterocycles. The van der Waals surface area contributed by atoms with E-state index in [1.54, 1.807) is 6.20 Å². The van der Waals surface area contributed by atoms with Crippen LogP contribution < -0.4 is 10.1 Å². The molecule has 2 rings (SSSR count). The Balaban J connectivity index is 1.94. The molecule has 0 bridgehead atoms. The summed E-state index contributed by atoms with van der Waals surface area (Å²) < 4.78 is 6.80.